The zero-order valence-corrected chi connectivity index (χ0v) is 28.3. The van der Waals surface area contributed by atoms with Crippen LogP contribution in [0.5, 0.6) is 0 Å². The monoisotopic (exact) mass is 594 g/mol. The van der Waals surface area contributed by atoms with Gasteiger partial charge in [0.1, 0.15) is 0 Å². The molecule has 6 nitrogen and oxygen atoms in total. The van der Waals surface area contributed by atoms with Crippen LogP contribution < -0.4 is 0 Å². The highest BCUT2D eigenvalue weighted by atomic mass is 16.5. The summed E-state index contributed by atoms with van der Waals surface area (Å²) >= 11 is 0. The smallest absolute Gasteiger partial charge is 0.302 e. The molecule has 0 fully saturated rings. The number of esters is 3. The number of ether oxygens (including phenoxy) is 3. The zero-order chi connectivity index (χ0) is 31.9. The van der Waals surface area contributed by atoms with E-state index >= 15 is 0 Å². The van der Waals surface area contributed by atoms with Gasteiger partial charge in [0, 0.05) is 20.8 Å². The normalized spacial score (nSPS) is 10.7. The first-order valence-electron chi connectivity index (χ1n) is 16.7. The molecule has 0 aromatic rings. The number of carbonyl (C=O) groups excluding carboxylic acids is 3. The van der Waals surface area contributed by atoms with Crippen LogP contribution >= 0.6 is 0 Å². The number of hydrogen-bond donors (Lipinski definition) is 0. The molecule has 246 valence electrons. The third-order valence-electron chi connectivity index (χ3n) is 5.88. The van der Waals surface area contributed by atoms with E-state index in [1.807, 2.05) is 0 Å². The SMILES string of the molecule is CC(=O)OCCCCC=CCCCCOC(C)=O.CCCCC=CCCCC.CCCCC=CCCCCOC(C)=O. The second-order valence-corrected chi connectivity index (χ2v) is 10.3. The number of carbonyl (C=O) groups is 3. The van der Waals surface area contributed by atoms with Crippen molar-refractivity contribution in [3.63, 3.8) is 0 Å². The summed E-state index contributed by atoms with van der Waals surface area (Å²) in [5.41, 5.74) is 0. The van der Waals surface area contributed by atoms with Gasteiger partial charge in [0.25, 0.3) is 0 Å². The molecule has 0 unspecified atom stereocenters. The molecule has 0 aliphatic rings. The van der Waals surface area contributed by atoms with Gasteiger partial charge in [-0.2, -0.15) is 0 Å². The van der Waals surface area contributed by atoms with Gasteiger partial charge >= 0.3 is 17.9 Å². The molecule has 0 aromatic heterocycles. The minimum absolute atomic E-state index is 0.177. The Balaban J connectivity index is -0.000000567. The highest BCUT2D eigenvalue weighted by Gasteiger charge is 1.93. The molecular formula is C36H66O6. The summed E-state index contributed by atoms with van der Waals surface area (Å²) in [7, 11) is 0. The highest BCUT2D eigenvalue weighted by Crippen LogP contribution is 2.03. The molecule has 0 spiro atoms. The van der Waals surface area contributed by atoms with Crippen molar-refractivity contribution in [1.29, 1.82) is 0 Å². The standard InChI is InChI=1S/C14H24O4.C12H22O2.C10H20/c1-13(15)17-11-9-7-5-3-4-6-8-10-12-18-14(2)16;1-3-4-5-6-7-8-9-10-11-14-12(2)13;1-3-5-7-9-10-8-6-4-2/h3-4H,5-12H2,1-2H3;6-7H,3-5,8-11H2,1-2H3;9-10H,3-8H2,1-2H3. The van der Waals surface area contributed by atoms with E-state index in [9.17, 15) is 14.4 Å². The van der Waals surface area contributed by atoms with Crippen molar-refractivity contribution in [2.75, 3.05) is 19.8 Å². The van der Waals surface area contributed by atoms with Gasteiger partial charge in [0.2, 0.25) is 0 Å². The van der Waals surface area contributed by atoms with Crippen LogP contribution in [0.3, 0.4) is 0 Å². The molecule has 0 N–H and O–H groups in total. The second-order valence-electron chi connectivity index (χ2n) is 10.3. The van der Waals surface area contributed by atoms with Crippen molar-refractivity contribution in [3.8, 4) is 0 Å². The van der Waals surface area contributed by atoms with Crippen molar-refractivity contribution in [3.05, 3.63) is 36.5 Å². The molecule has 42 heavy (non-hydrogen) atoms. The van der Waals surface area contributed by atoms with Gasteiger partial charge in [-0.15, -0.1) is 0 Å². The Kier molecular flexibility index (Phi) is 42.8. The Hall–Kier alpha value is -2.37. The topological polar surface area (TPSA) is 78.9 Å². The molecule has 0 heterocycles. The fourth-order valence-corrected chi connectivity index (χ4v) is 3.41. The van der Waals surface area contributed by atoms with Gasteiger partial charge in [0.05, 0.1) is 19.8 Å². The quantitative estimate of drug-likeness (QED) is 0.0479. The van der Waals surface area contributed by atoms with Crippen LogP contribution in [0.25, 0.3) is 0 Å². The van der Waals surface area contributed by atoms with Gasteiger partial charge in [-0.25, -0.2) is 0 Å². The van der Waals surface area contributed by atoms with Crippen molar-refractivity contribution < 1.29 is 28.6 Å². The van der Waals surface area contributed by atoms with Gasteiger partial charge in [0.15, 0.2) is 0 Å². The van der Waals surface area contributed by atoms with Crippen LogP contribution in [0.15, 0.2) is 36.5 Å². The predicted octanol–water partition coefficient (Wildman–Crippen LogP) is 10.4. The average Bonchev–Trinajstić information content (AvgIpc) is 2.95. The number of rotatable bonds is 24. The summed E-state index contributed by atoms with van der Waals surface area (Å²) in [4.78, 5) is 31.4. The maximum absolute atomic E-state index is 10.5. The van der Waals surface area contributed by atoms with E-state index in [1.165, 1.54) is 78.6 Å². The molecule has 0 rings (SSSR count). The fourth-order valence-electron chi connectivity index (χ4n) is 3.41. The first kappa shape index (κ1) is 44.1. The lowest BCUT2D eigenvalue weighted by Gasteiger charge is -2.00. The molecule has 0 bridgehead atoms. The molecule has 0 saturated heterocycles. The van der Waals surface area contributed by atoms with E-state index in [4.69, 9.17) is 14.2 Å². The lowest BCUT2D eigenvalue weighted by molar-refractivity contribution is -0.142. The molecule has 0 aliphatic carbocycles. The first-order chi connectivity index (χ1) is 20.3. The van der Waals surface area contributed by atoms with Crippen molar-refractivity contribution in [1.82, 2.24) is 0 Å². The lowest BCUT2D eigenvalue weighted by atomic mass is 10.2. The largest absolute Gasteiger partial charge is 0.466 e. The van der Waals surface area contributed by atoms with E-state index in [2.05, 4.69) is 57.2 Å². The summed E-state index contributed by atoms with van der Waals surface area (Å²) in [6.07, 6.45) is 34.2. The Morgan fingerprint density at radius 1 is 0.381 bits per heavy atom. The minimum atomic E-state index is -0.210. The molecule has 0 amide bonds. The van der Waals surface area contributed by atoms with Crippen LogP contribution in [-0.4, -0.2) is 37.7 Å². The van der Waals surface area contributed by atoms with Gasteiger partial charge in [-0.3, -0.25) is 14.4 Å². The molecular weight excluding hydrogens is 528 g/mol. The van der Waals surface area contributed by atoms with E-state index in [0.717, 1.165) is 57.8 Å². The van der Waals surface area contributed by atoms with Crippen LogP contribution in [0, 0.1) is 0 Å². The third-order valence-corrected chi connectivity index (χ3v) is 5.88. The summed E-state index contributed by atoms with van der Waals surface area (Å²) in [5, 5.41) is 0. The molecule has 6 heteroatoms. The summed E-state index contributed by atoms with van der Waals surface area (Å²) in [6.45, 7) is 12.6. The van der Waals surface area contributed by atoms with E-state index in [0.29, 0.717) is 19.8 Å². The third kappa shape index (κ3) is 53.8. The van der Waals surface area contributed by atoms with Gasteiger partial charge in [-0.1, -0.05) is 95.8 Å². The lowest BCUT2D eigenvalue weighted by Crippen LogP contribution is -2.00. The van der Waals surface area contributed by atoms with Crippen molar-refractivity contribution in [2.24, 2.45) is 0 Å². The van der Waals surface area contributed by atoms with Crippen molar-refractivity contribution >= 4 is 17.9 Å². The van der Waals surface area contributed by atoms with Crippen LogP contribution in [0.1, 0.15) is 157 Å². The van der Waals surface area contributed by atoms with Gasteiger partial charge < -0.3 is 14.2 Å². The number of unbranched alkanes of at least 4 members (excludes halogenated alkanes) is 12. The van der Waals surface area contributed by atoms with E-state index in [1.54, 1.807) is 0 Å². The highest BCUT2D eigenvalue weighted by molar-refractivity contribution is 5.66. The molecule has 0 saturated carbocycles. The Morgan fingerprint density at radius 2 is 0.595 bits per heavy atom. The van der Waals surface area contributed by atoms with Gasteiger partial charge in [-0.05, 0) is 77.0 Å². The number of allylic oxidation sites excluding steroid dienone is 6. The molecule has 0 radical (unpaired) electrons. The molecule has 0 aromatic carbocycles. The van der Waals surface area contributed by atoms with Crippen molar-refractivity contribution in [2.45, 2.75) is 157 Å². The van der Waals surface area contributed by atoms with Crippen LogP contribution in [0.4, 0.5) is 0 Å². The Morgan fingerprint density at radius 3 is 0.786 bits per heavy atom. The van der Waals surface area contributed by atoms with E-state index < -0.39 is 0 Å². The van der Waals surface area contributed by atoms with E-state index in [-0.39, 0.29) is 17.9 Å². The Labute approximate surface area is 259 Å². The minimum Gasteiger partial charge on any atom is -0.466 e. The summed E-state index contributed by atoms with van der Waals surface area (Å²) < 4.78 is 14.5. The first-order valence-corrected chi connectivity index (χ1v) is 16.7. The fraction of sp³-hybridized carbons (Fsp3) is 0.750. The zero-order valence-electron chi connectivity index (χ0n) is 28.3. The summed E-state index contributed by atoms with van der Waals surface area (Å²) in [5.74, 6) is -0.597. The van der Waals surface area contributed by atoms with Crippen LogP contribution in [-0.2, 0) is 28.6 Å². The second kappa shape index (κ2) is 40.8. The number of hydrogen-bond acceptors (Lipinski definition) is 6. The molecule has 0 aliphatic heterocycles. The summed E-state index contributed by atoms with van der Waals surface area (Å²) in [6, 6.07) is 0. The van der Waals surface area contributed by atoms with Crippen LogP contribution in [0.2, 0.25) is 0 Å². The molecule has 0 atom stereocenters. The maximum atomic E-state index is 10.5. The predicted molar refractivity (Wildman–Crippen MR) is 177 cm³/mol. The maximum Gasteiger partial charge on any atom is 0.302 e. The average molecular weight is 595 g/mol. The Bertz CT molecular complexity index is 630.